The van der Waals surface area contributed by atoms with Gasteiger partial charge >= 0.3 is 0 Å². The minimum Gasteiger partial charge on any atom is -0.872 e. The first-order valence-electron chi connectivity index (χ1n) is 7.44. The topological polar surface area (TPSA) is 98.9 Å². The summed E-state index contributed by atoms with van der Waals surface area (Å²) in [6, 6.07) is 10.6. The molecule has 3 rings (SSSR count). The summed E-state index contributed by atoms with van der Waals surface area (Å²) in [6.45, 7) is 0.717. The van der Waals surface area contributed by atoms with Crippen LogP contribution in [0.25, 0.3) is 0 Å². The van der Waals surface area contributed by atoms with E-state index in [1.165, 1.54) is 18.3 Å². The quantitative estimate of drug-likeness (QED) is 0.490. The maximum atomic E-state index is 11.7. The Labute approximate surface area is 138 Å². The lowest BCUT2D eigenvalue weighted by Crippen LogP contribution is -2.23. The number of hydrogen-bond donors (Lipinski definition) is 0. The monoisotopic (exact) mass is 324 g/mol. The molecule has 0 N–H and O–H groups in total. The van der Waals surface area contributed by atoms with E-state index in [1.807, 2.05) is 0 Å². The van der Waals surface area contributed by atoms with Gasteiger partial charge in [-0.2, -0.15) is 0 Å². The lowest BCUT2D eigenvalue weighted by molar-refractivity contribution is -0.385. The second-order valence-corrected chi connectivity index (χ2v) is 5.40. The third-order valence-electron chi connectivity index (χ3n) is 3.79. The van der Waals surface area contributed by atoms with Crippen molar-refractivity contribution < 1.29 is 14.8 Å². The summed E-state index contributed by atoms with van der Waals surface area (Å²) < 4.78 is 0. The van der Waals surface area contributed by atoms with Crippen molar-refractivity contribution in [1.82, 2.24) is 0 Å². The number of carbonyl (C=O) groups is 1. The van der Waals surface area contributed by atoms with Crippen molar-refractivity contribution in [2.24, 2.45) is 4.99 Å². The van der Waals surface area contributed by atoms with Crippen LogP contribution in [0.4, 0.5) is 17.1 Å². The van der Waals surface area contributed by atoms with E-state index in [-0.39, 0.29) is 22.9 Å². The maximum absolute atomic E-state index is 11.7. The number of anilines is 1. The van der Waals surface area contributed by atoms with Crippen LogP contribution in [0.2, 0.25) is 0 Å². The smallest absolute Gasteiger partial charge is 0.270 e. The first-order chi connectivity index (χ1) is 11.5. The molecule has 7 nitrogen and oxygen atoms in total. The van der Waals surface area contributed by atoms with Crippen molar-refractivity contribution in [3.63, 3.8) is 0 Å². The molecule has 0 unspecified atom stereocenters. The molecule has 1 saturated heterocycles. The first-order valence-corrected chi connectivity index (χ1v) is 7.44. The van der Waals surface area contributed by atoms with Crippen LogP contribution in [0.15, 0.2) is 47.5 Å². The number of aliphatic imine (C=N–C) groups is 1. The van der Waals surface area contributed by atoms with E-state index in [0.717, 1.165) is 18.2 Å². The zero-order valence-corrected chi connectivity index (χ0v) is 12.7. The highest BCUT2D eigenvalue weighted by Gasteiger charge is 2.21. The summed E-state index contributed by atoms with van der Waals surface area (Å²) in [6.07, 6.45) is 2.74. The van der Waals surface area contributed by atoms with Crippen molar-refractivity contribution in [3.05, 3.63) is 58.1 Å². The Bertz CT molecular complexity index is 815. The number of non-ortho nitro benzene ring substituents is 1. The van der Waals surface area contributed by atoms with Gasteiger partial charge < -0.3 is 10.0 Å². The zero-order chi connectivity index (χ0) is 17.1. The summed E-state index contributed by atoms with van der Waals surface area (Å²) >= 11 is 0. The summed E-state index contributed by atoms with van der Waals surface area (Å²) in [7, 11) is 0. The predicted molar refractivity (Wildman–Crippen MR) is 87.8 cm³/mol. The van der Waals surface area contributed by atoms with Crippen LogP contribution in [0, 0.1) is 10.1 Å². The van der Waals surface area contributed by atoms with Gasteiger partial charge in [-0.05, 0) is 36.2 Å². The van der Waals surface area contributed by atoms with Crippen LogP contribution in [0.1, 0.15) is 18.4 Å². The number of hydrogen-bond acceptors (Lipinski definition) is 5. The fourth-order valence-corrected chi connectivity index (χ4v) is 2.53. The van der Waals surface area contributed by atoms with E-state index in [4.69, 9.17) is 0 Å². The Kier molecular flexibility index (Phi) is 4.24. The van der Waals surface area contributed by atoms with Crippen LogP contribution in [-0.2, 0) is 4.79 Å². The molecule has 1 fully saturated rings. The fraction of sp³-hybridized carbons (Fsp3) is 0.176. The standard InChI is InChI=1S/C17H15N3O4/c21-16-8-7-15(20(23)24)10-12(16)11-18-13-3-5-14(6-4-13)19-9-1-2-17(19)22/h3-8,10-11,21H,1-2,9H2/p-1. The van der Waals surface area contributed by atoms with Crippen LogP contribution < -0.4 is 10.0 Å². The molecule has 0 bridgehead atoms. The minimum atomic E-state index is -0.557. The van der Waals surface area contributed by atoms with Gasteiger partial charge in [0.05, 0.1) is 10.6 Å². The summed E-state index contributed by atoms with van der Waals surface area (Å²) in [5.74, 6) is -0.220. The number of amides is 1. The van der Waals surface area contributed by atoms with Crippen molar-refractivity contribution >= 4 is 29.2 Å². The fourth-order valence-electron chi connectivity index (χ4n) is 2.53. The van der Waals surface area contributed by atoms with Gasteiger partial charge in [-0.15, -0.1) is 0 Å². The highest BCUT2D eigenvalue weighted by atomic mass is 16.6. The molecule has 24 heavy (non-hydrogen) atoms. The predicted octanol–water partition coefficient (Wildman–Crippen LogP) is 2.55. The lowest BCUT2D eigenvalue weighted by atomic mass is 10.2. The molecule has 1 heterocycles. The highest BCUT2D eigenvalue weighted by molar-refractivity contribution is 5.95. The Morgan fingerprint density at radius 2 is 1.92 bits per heavy atom. The van der Waals surface area contributed by atoms with Crippen molar-refractivity contribution in [2.75, 3.05) is 11.4 Å². The van der Waals surface area contributed by atoms with Gasteiger partial charge in [0.2, 0.25) is 5.91 Å². The highest BCUT2D eigenvalue weighted by Crippen LogP contribution is 2.25. The molecule has 1 amide bonds. The second-order valence-electron chi connectivity index (χ2n) is 5.40. The van der Waals surface area contributed by atoms with E-state index < -0.39 is 4.92 Å². The average molecular weight is 324 g/mol. The molecular formula is C17H14N3O4-. The van der Waals surface area contributed by atoms with Gasteiger partial charge in [0.25, 0.3) is 5.69 Å². The summed E-state index contributed by atoms with van der Waals surface area (Å²) in [5.41, 5.74) is 1.41. The summed E-state index contributed by atoms with van der Waals surface area (Å²) in [5, 5.41) is 22.5. The normalized spacial score (nSPS) is 14.5. The molecule has 7 heteroatoms. The van der Waals surface area contributed by atoms with Crippen LogP contribution in [0.5, 0.6) is 5.75 Å². The Morgan fingerprint density at radius 3 is 2.54 bits per heavy atom. The number of carbonyl (C=O) groups excluding carboxylic acids is 1. The molecule has 0 spiro atoms. The lowest BCUT2D eigenvalue weighted by Gasteiger charge is -2.15. The molecule has 0 aromatic heterocycles. The SMILES string of the molecule is O=C1CCCN1c1ccc(N=Cc2cc([N+](=O)[O-])ccc2[O-])cc1. The first kappa shape index (κ1) is 15.7. The minimum absolute atomic E-state index is 0.110. The van der Waals surface area contributed by atoms with E-state index in [0.29, 0.717) is 18.7 Å². The largest absolute Gasteiger partial charge is 0.872 e. The van der Waals surface area contributed by atoms with Gasteiger partial charge in [0.15, 0.2) is 0 Å². The number of nitro groups is 1. The average Bonchev–Trinajstić information content (AvgIpc) is 3.00. The molecule has 0 atom stereocenters. The number of rotatable bonds is 4. The Hall–Kier alpha value is -3.22. The molecule has 122 valence electrons. The molecule has 2 aromatic carbocycles. The third-order valence-corrected chi connectivity index (χ3v) is 3.79. The molecule has 0 radical (unpaired) electrons. The number of nitrogens with zero attached hydrogens (tertiary/aromatic N) is 3. The molecule has 1 aliphatic heterocycles. The van der Waals surface area contributed by atoms with Gasteiger partial charge in [-0.25, -0.2) is 0 Å². The van der Waals surface area contributed by atoms with Gasteiger partial charge in [0, 0.05) is 37.0 Å². The van der Waals surface area contributed by atoms with Crippen LogP contribution in [0.3, 0.4) is 0 Å². The number of nitro benzene ring substituents is 1. The molecule has 0 aliphatic carbocycles. The molecule has 2 aromatic rings. The van der Waals surface area contributed by atoms with E-state index in [2.05, 4.69) is 4.99 Å². The number of benzene rings is 2. The Morgan fingerprint density at radius 1 is 1.17 bits per heavy atom. The van der Waals surface area contributed by atoms with Crippen molar-refractivity contribution in [1.29, 1.82) is 0 Å². The zero-order valence-electron chi connectivity index (χ0n) is 12.7. The van der Waals surface area contributed by atoms with Crippen molar-refractivity contribution in [2.45, 2.75) is 12.8 Å². The maximum Gasteiger partial charge on any atom is 0.270 e. The third kappa shape index (κ3) is 3.24. The van der Waals surface area contributed by atoms with E-state index >= 15 is 0 Å². The second kappa shape index (κ2) is 6.49. The van der Waals surface area contributed by atoms with E-state index in [9.17, 15) is 20.0 Å². The van der Waals surface area contributed by atoms with E-state index in [1.54, 1.807) is 29.2 Å². The van der Waals surface area contributed by atoms with Gasteiger partial charge in [0.1, 0.15) is 0 Å². The molecular weight excluding hydrogens is 310 g/mol. The summed E-state index contributed by atoms with van der Waals surface area (Å²) in [4.78, 5) is 27.8. The van der Waals surface area contributed by atoms with Crippen molar-refractivity contribution in [3.8, 4) is 5.75 Å². The molecule has 1 aliphatic rings. The molecule has 0 saturated carbocycles. The van der Waals surface area contributed by atoms with Crippen LogP contribution >= 0.6 is 0 Å². The van der Waals surface area contributed by atoms with Gasteiger partial charge in [-0.1, -0.05) is 11.8 Å². The Balaban J connectivity index is 1.78. The van der Waals surface area contributed by atoms with Crippen LogP contribution in [-0.4, -0.2) is 23.6 Å². The van der Waals surface area contributed by atoms with Gasteiger partial charge in [-0.3, -0.25) is 19.9 Å².